The van der Waals surface area contributed by atoms with Crippen LogP contribution in [0.1, 0.15) is 36.4 Å². The second-order valence-corrected chi connectivity index (χ2v) is 5.88. The Bertz CT molecular complexity index is 450. The number of aliphatic hydroxyl groups is 1. The first-order valence-electron chi connectivity index (χ1n) is 6.72. The van der Waals surface area contributed by atoms with Crippen molar-refractivity contribution in [2.24, 2.45) is 0 Å². The van der Waals surface area contributed by atoms with E-state index in [1.54, 1.807) is 28.4 Å². The van der Waals surface area contributed by atoms with Gasteiger partial charge in [-0.2, -0.15) is 0 Å². The van der Waals surface area contributed by atoms with Gasteiger partial charge in [-0.1, -0.05) is 12.8 Å². The monoisotopic (exact) mass is 280 g/mol. The Morgan fingerprint density at radius 3 is 2.89 bits per heavy atom. The van der Waals surface area contributed by atoms with Crippen molar-refractivity contribution in [1.82, 2.24) is 9.88 Å². The number of hydrogen-bond donors (Lipinski definition) is 1. The number of amides is 1. The third-order valence-electron chi connectivity index (χ3n) is 3.42. The smallest absolute Gasteiger partial charge is 0.246 e. The molecular formula is C14H20N2O2S. The largest absolute Gasteiger partial charge is 0.395 e. The molecule has 5 heteroatoms. The summed E-state index contributed by atoms with van der Waals surface area (Å²) in [7, 11) is 0. The Hall–Kier alpha value is -1.20. The van der Waals surface area contributed by atoms with E-state index >= 15 is 0 Å². The SMILES string of the molecule is Cc1nc(/C=C/C(=O)N(CCO)C2CCCC2)cs1. The van der Waals surface area contributed by atoms with Gasteiger partial charge in [0.15, 0.2) is 0 Å². The van der Waals surface area contributed by atoms with E-state index in [0.29, 0.717) is 12.6 Å². The number of carbonyl (C=O) groups is 1. The number of hydrogen-bond acceptors (Lipinski definition) is 4. The van der Waals surface area contributed by atoms with Crippen LogP contribution in [0, 0.1) is 6.92 Å². The Labute approximate surface area is 117 Å². The standard InChI is InChI=1S/C14H20N2O2S/c1-11-15-12(10-19-11)6-7-14(18)16(8-9-17)13-4-2-3-5-13/h6-7,10,13,17H,2-5,8-9H2,1H3/b7-6+. The maximum absolute atomic E-state index is 12.2. The van der Waals surface area contributed by atoms with E-state index < -0.39 is 0 Å². The van der Waals surface area contributed by atoms with Crippen molar-refractivity contribution in [3.63, 3.8) is 0 Å². The van der Waals surface area contributed by atoms with Gasteiger partial charge in [0.2, 0.25) is 5.91 Å². The molecule has 1 saturated carbocycles. The fourth-order valence-electron chi connectivity index (χ4n) is 2.51. The first-order chi connectivity index (χ1) is 9.20. The number of carbonyl (C=O) groups excluding carboxylic acids is 1. The lowest BCUT2D eigenvalue weighted by Crippen LogP contribution is -2.39. The lowest BCUT2D eigenvalue weighted by atomic mass is 10.2. The molecule has 0 aliphatic heterocycles. The third-order valence-corrected chi connectivity index (χ3v) is 4.21. The Morgan fingerprint density at radius 1 is 1.58 bits per heavy atom. The maximum atomic E-state index is 12.2. The highest BCUT2D eigenvalue weighted by atomic mass is 32.1. The molecule has 0 unspecified atom stereocenters. The summed E-state index contributed by atoms with van der Waals surface area (Å²) in [4.78, 5) is 18.3. The Kier molecular flexibility index (Phi) is 5.10. The van der Waals surface area contributed by atoms with Crippen LogP contribution in [0.3, 0.4) is 0 Å². The summed E-state index contributed by atoms with van der Waals surface area (Å²) in [6.07, 6.45) is 7.78. The molecule has 4 nitrogen and oxygen atoms in total. The van der Waals surface area contributed by atoms with Crippen molar-refractivity contribution in [1.29, 1.82) is 0 Å². The van der Waals surface area contributed by atoms with Crippen molar-refractivity contribution in [3.8, 4) is 0 Å². The van der Waals surface area contributed by atoms with Gasteiger partial charge in [0, 0.05) is 24.0 Å². The first-order valence-corrected chi connectivity index (χ1v) is 7.60. The van der Waals surface area contributed by atoms with E-state index in [4.69, 9.17) is 5.11 Å². The molecule has 1 fully saturated rings. The van der Waals surface area contributed by atoms with Crippen molar-refractivity contribution >= 4 is 23.3 Å². The minimum Gasteiger partial charge on any atom is -0.395 e. The van der Waals surface area contributed by atoms with E-state index in [9.17, 15) is 4.79 Å². The van der Waals surface area contributed by atoms with Crippen LogP contribution in [0.5, 0.6) is 0 Å². The van der Waals surface area contributed by atoms with Gasteiger partial charge in [-0.3, -0.25) is 4.79 Å². The van der Waals surface area contributed by atoms with Crippen LogP contribution in [0.15, 0.2) is 11.5 Å². The van der Waals surface area contributed by atoms with Gasteiger partial charge in [-0.15, -0.1) is 11.3 Å². The van der Waals surface area contributed by atoms with Crippen molar-refractivity contribution < 1.29 is 9.90 Å². The van der Waals surface area contributed by atoms with Crippen LogP contribution in [0.4, 0.5) is 0 Å². The number of rotatable bonds is 5. The van der Waals surface area contributed by atoms with Crippen molar-refractivity contribution in [2.75, 3.05) is 13.2 Å². The summed E-state index contributed by atoms with van der Waals surface area (Å²) < 4.78 is 0. The van der Waals surface area contributed by atoms with Crippen LogP contribution in [-0.4, -0.2) is 40.1 Å². The lowest BCUT2D eigenvalue weighted by Gasteiger charge is -2.27. The zero-order valence-corrected chi connectivity index (χ0v) is 12.0. The summed E-state index contributed by atoms with van der Waals surface area (Å²) in [6, 6.07) is 0.293. The summed E-state index contributed by atoms with van der Waals surface area (Å²) in [5, 5.41) is 12.0. The molecule has 0 radical (unpaired) electrons. The molecule has 1 aliphatic carbocycles. The van der Waals surface area contributed by atoms with Gasteiger partial charge in [0.25, 0.3) is 0 Å². The first kappa shape index (κ1) is 14.2. The fraction of sp³-hybridized carbons (Fsp3) is 0.571. The minimum atomic E-state index is -0.0217. The van der Waals surface area contributed by atoms with E-state index in [2.05, 4.69) is 4.98 Å². The molecule has 0 bridgehead atoms. The summed E-state index contributed by atoms with van der Waals surface area (Å²) >= 11 is 1.57. The molecule has 0 saturated heterocycles. The second kappa shape index (κ2) is 6.82. The topological polar surface area (TPSA) is 53.4 Å². The number of aromatic nitrogens is 1. The van der Waals surface area contributed by atoms with Gasteiger partial charge in [-0.25, -0.2) is 4.98 Å². The van der Waals surface area contributed by atoms with Gasteiger partial charge in [0.1, 0.15) is 0 Å². The molecule has 0 aromatic carbocycles. The predicted octanol–water partition coefficient (Wildman–Crippen LogP) is 2.23. The highest BCUT2D eigenvalue weighted by molar-refractivity contribution is 7.09. The maximum Gasteiger partial charge on any atom is 0.246 e. The molecule has 1 N–H and O–H groups in total. The highest BCUT2D eigenvalue weighted by Crippen LogP contribution is 2.23. The fourth-order valence-corrected chi connectivity index (χ4v) is 3.09. The summed E-state index contributed by atoms with van der Waals surface area (Å²) in [6.45, 7) is 2.39. The highest BCUT2D eigenvalue weighted by Gasteiger charge is 2.24. The van der Waals surface area contributed by atoms with Gasteiger partial charge >= 0.3 is 0 Å². The second-order valence-electron chi connectivity index (χ2n) is 4.82. The van der Waals surface area contributed by atoms with Gasteiger partial charge in [0.05, 0.1) is 17.3 Å². The van der Waals surface area contributed by atoms with E-state index in [1.807, 2.05) is 12.3 Å². The van der Waals surface area contributed by atoms with Crippen LogP contribution < -0.4 is 0 Å². The quantitative estimate of drug-likeness (QED) is 0.842. The number of aryl methyl sites for hydroxylation is 1. The van der Waals surface area contributed by atoms with E-state index in [0.717, 1.165) is 23.5 Å². The van der Waals surface area contributed by atoms with Gasteiger partial charge < -0.3 is 10.0 Å². The molecule has 1 heterocycles. The van der Waals surface area contributed by atoms with E-state index in [1.165, 1.54) is 12.8 Å². The van der Waals surface area contributed by atoms with Crippen molar-refractivity contribution in [2.45, 2.75) is 38.6 Å². The molecule has 1 aliphatic rings. The Balaban J connectivity index is 2.00. The number of thiazole rings is 1. The van der Waals surface area contributed by atoms with Crippen LogP contribution >= 0.6 is 11.3 Å². The normalized spacial score (nSPS) is 16.3. The lowest BCUT2D eigenvalue weighted by molar-refractivity contribution is -0.128. The Morgan fingerprint density at radius 2 is 2.32 bits per heavy atom. The molecule has 1 amide bonds. The zero-order chi connectivity index (χ0) is 13.7. The minimum absolute atomic E-state index is 0.0197. The molecule has 1 aromatic heterocycles. The molecule has 1 aromatic rings. The van der Waals surface area contributed by atoms with Crippen LogP contribution in [0.25, 0.3) is 6.08 Å². The van der Waals surface area contributed by atoms with Crippen LogP contribution in [-0.2, 0) is 4.79 Å². The molecular weight excluding hydrogens is 260 g/mol. The third kappa shape index (κ3) is 3.88. The number of nitrogens with zero attached hydrogens (tertiary/aromatic N) is 2. The zero-order valence-electron chi connectivity index (χ0n) is 11.2. The molecule has 104 valence electrons. The average molecular weight is 280 g/mol. The summed E-state index contributed by atoms with van der Waals surface area (Å²) in [5.41, 5.74) is 0.825. The molecule has 0 spiro atoms. The molecule has 19 heavy (non-hydrogen) atoms. The van der Waals surface area contributed by atoms with Crippen LogP contribution in [0.2, 0.25) is 0 Å². The average Bonchev–Trinajstić information content (AvgIpc) is 3.04. The predicted molar refractivity (Wildman–Crippen MR) is 76.9 cm³/mol. The molecule has 0 atom stereocenters. The number of aliphatic hydroxyl groups excluding tert-OH is 1. The van der Waals surface area contributed by atoms with E-state index in [-0.39, 0.29) is 12.5 Å². The molecule has 2 rings (SSSR count). The van der Waals surface area contributed by atoms with Crippen molar-refractivity contribution in [3.05, 3.63) is 22.2 Å². The van der Waals surface area contributed by atoms with Gasteiger partial charge in [-0.05, 0) is 25.8 Å². The summed E-state index contributed by atoms with van der Waals surface area (Å²) in [5.74, 6) is -0.0217.